The molecule has 1 amide bonds. The second-order valence-corrected chi connectivity index (χ2v) is 8.04. The summed E-state index contributed by atoms with van der Waals surface area (Å²) >= 11 is 3.39. The number of ether oxygens (including phenoxy) is 2. The lowest BCUT2D eigenvalue weighted by molar-refractivity contribution is -0.132. The van der Waals surface area contributed by atoms with Crippen LogP contribution in [0.25, 0.3) is 5.76 Å². The molecule has 1 unspecified atom stereocenters. The van der Waals surface area contributed by atoms with E-state index in [9.17, 15) is 14.7 Å². The van der Waals surface area contributed by atoms with E-state index in [2.05, 4.69) is 15.9 Å². The van der Waals surface area contributed by atoms with Crippen LogP contribution in [0.1, 0.15) is 17.2 Å². The van der Waals surface area contributed by atoms with Gasteiger partial charge in [0.1, 0.15) is 17.3 Å². The fourth-order valence-corrected chi connectivity index (χ4v) is 4.05. The third-order valence-electron chi connectivity index (χ3n) is 5.33. The number of amides is 1. The van der Waals surface area contributed by atoms with E-state index in [1.807, 2.05) is 0 Å². The van der Waals surface area contributed by atoms with Crippen LogP contribution in [-0.4, -0.2) is 31.0 Å². The first-order valence-electron chi connectivity index (χ1n) is 9.80. The molecule has 0 aliphatic carbocycles. The average Bonchev–Trinajstić information content (AvgIpc) is 3.09. The maximum atomic E-state index is 13.2. The molecule has 0 aromatic heterocycles. The standard InChI is InChI=1S/C25H20BrNO5/c1-31-18-12-13-19(20(14-18)32-2)22-21(23(28)15-6-4-3-5-7-15)24(29)25(30)27(22)17-10-8-16(26)9-11-17/h3-14,22,28H,1-2H3. The molecular formula is C25H20BrNO5. The van der Waals surface area contributed by atoms with Gasteiger partial charge in [0.2, 0.25) is 0 Å². The zero-order valence-electron chi connectivity index (χ0n) is 17.4. The fraction of sp³-hybridized carbons (Fsp3) is 0.120. The molecule has 1 aliphatic heterocycles. The van der Waals surface area contributed by atoms with Crippen molar-refractivity contribution >= 4 is 39.1 Å². The predicted molar refractivity (Wildman–Crippen MR) is 125 cm³/mol. The topological polar surface area (TPSA) is 76.1 Å². The summed E-state index contributed by atoms with van der Waals surface area (Å²) in [4.78, 5) is 27.8. The molecule has 1 N–H and O–H groups in total. The van der Waals surface area contributed by atoms with Gasteiger partial charge in [0.15, 0.2) is 0 Å². The summed E-state index contributed by atoms with van der Waals surface area (Å²) in [5.41, 5.74) is 1.50. The van der Waals surface area contributed by atoms with Gasteiger partial charge in [0, 0.05) is 27.4 Å². The van der Waals surface area contributed by atoms with Gasteiger partial charge in [0.05, 0.1) is 25.8 Å². The lowest BCUT2D eigenvalue weighted by atomic mass is 9.94. The molecule has 0 saturated carbocycles. The van der Waals surface area contributed by atoms with Crippen molar-refractivity contribution in [3.05, 3.63) is 94.0 Å². The van der Waals surface area contributed by atoms with Crippen LogP contribution in [0.3, 0.4) is 0 Å². The number of aliphatic hydroxyl groups is 1. The summed E-state index contributed by atoms with van der Waals surface area (Å²) in [6.45, 7) is 0. The number of methoxy groups -OCH3 is 2. The monoisotopic (exact) mass is 493 g/mol. The van der Waals surface area contributed by atoms with E-state index in [-0.39, 0.29) is 11.3 Å². The molecule has 1 atom stereocenters. The molecule has 32 heavy (non-hydrogen) atoms. The number of rotatable bonds is 5. The van der Waals surface area contributed by atoms with Crippen molar-refractivity contribution in [2.75, 3.05) is 19.1 Å². The maximum Gasteiger partial charge on any atom is 0.300 e. The van der Waals surface area contributed by atoms with Crippen molar-refractivity contribution in [1.29, 1.82) is 0 Å². The van der Waals surface area contributed by atoms with Gasteiger partial charge in [-0.2, -0.15) is 0 Å². The lowest BCUT2D eigenvalue weighted by Gasteiger charge is -2.27. The molecular weight excluding hydrogens is 474 g/mol. The van der Waals surface area contributed by atoms with E-state index in [0.29, 0.717) is 28.3 Å². The summed E-state index contributed by atoms with van der Waals surface area (Å²) in [6, 6.07) is 20.0. The minimum absolute atomic E-state index is 0.00687. The van der Waals surface area contributed by atoms with Crippen molar-refractivity contribution in [1.82, 2.24) is 0 Å². The third kappa shape index (κ3) is 3.76. The average molecular weight is 494 g/mol. The molecule has 3 aromatic carbocycles. The first kappa shape index (κ1) is 21.6. The summed E-state index contributed by atoms with van der Waals surface area (Å²) in [5, 5.41) is 11.1. The number of aliphatic hydroxyl groups excluding tert-OH is 1. The van der Waals surface area contributed by atoms with Crippen molar-refractivity contribution in [3.63, 3.8) is 0 Å². The molecule has 7 heteroatoms. The molecule has 0 radical (unpaired) electrons. The van der Waals surface area contributed by atoms with Crippen molar-refractivity contribution in [2.45, 2.75) is 6.04 Å². The number of Topliss-reactive ketones (excluding diaryl/α,β-unsaturated/α-hetero) is 1. The first-order valence-corrected chi connectivity index (χ1v) is 10.6. The quantitative estimate of drug-likeness (QED) is 0.304. The van der Waals surface area contributed by atoms with E-state index in [1.165, 1.54) is 19.1 Å². The smallest absolute Gasteiger partial charge is 0.300 e. The number of anilines is 1. The van der Waals surface area contributed by atoms with Crippen LogP contribution in [0.15, 0.2) is 82.8 Å². The Balaban J connectivity index is 1.99. The van der Waals surface area contributed by atoms with Crippen molar-refractivity contribution in [2.24, 2.45) is 0 Å². The number of nitrogens with zero attached hydrogens (tertiary/aromatic N) is 1. The lowest BCUT2D eigenvalue weighted by Crippen LogP contribution is -2.29. The van der Waals surface area contributed by atoms with Gasteiger partial charge in [-0.3, -0.25) is 14.5 Å². The van der Waals surface area contributed by atoms with E-state index < -0.39 is 17.7 Å². The van der Waals surface area contributed by atoms with Gasteiger partial charge in [-0.05, 0) is 36.4 Å². The van der Waals surface area contributed by atoms with Gasteiger partial charge < -0.3 is 14.6 Å². The number of ketones is 1. The summed E-state index contributed by atoms with van der Waals surface area (Å²) in [5.74, 6) is -0.747. The van der Waals surface area contributed by atoms with Crippen LogP contribution in [0.5, 0.6) is 11.5 Å². The van der Waals surface area contributed by atoms with Gasteiger partial charge >= 0.3 is 0 Å². The zero-order valence-corrected chi connectivity index (χ0v) is 19.0. The molecule has 1 aliphatic rings. The number of hydrogen-bond donors (Lipinski definition) is 1. The highest BCUT2D eigenvalue weighted by Gasteiger charge is 2.48. The Labute approximate surface area is 193 Å². The molecule has 4 rings (SSSR count). The Hall–Kier alpha value is -3.58. The Morgan fingerprint density at radius 3 is 2.25 bits per heavy atom. The summed E-state index contributed by atoms with van der Waals surface area (Å²) in [6.07, 6.45) is 0. The van der Waals surface area contributed by atoms with Crippen molar-refractivity contribution in [3.8, 4) is 11.5 Å². The number of carbonyl (C=O) groups excluding carboxylic acids is 2. The van der Waals surface area contributed by atoms with E-state index in [4.69, 9.17) is 9.47 Å². The largest absolute Gasteiger partial charge is 0.507 e. The normalized spacial score (nSPS) is 17.5. The Bertz CT molecular complexity index is 1200. The van der Waals surface area contributed by atoms with E-state index in [1.54, 1.807) is 72.8 Å². The Morgan fingerprint density at radius 1 is 0.938 bits per heavy atom. The van der Waals surface area contributed by atoms with E-state index >= 15 is 0 Å². The number of hydrogen-bond acceptors (Lipinski definition) is 5. The van der Waals surface area contributed by atoms with Gasteiger partial charge in [-0.25, -0.2) is 0 Å². The fourth-order valence-electron chi connectivity index (χ4n) is 3.79. The van der Waals surface area contributed by atoms with Crippen LogP contribution in [0, 0.1) is 0 Å². The molecule has 0 spiro atoms. The van der Waals surface area contributed by atoms with Crippen LogP contribution in [-0.2, 0) is 9.59 Å². The minimum atomic E-state index is -0.891. The van der Waals surface area contributed by atoms with Gasteiger partial charge in [-0.1, -0.05) is 46.3 Å². The van der Waals surface area contributed by atoms with Crippen molar-refractivity contribution < 1.29 is 24.2 Å². The zero-order chi connectivity index (χ0) is 22.8. The molecule has 1 saturated heterocycles. The van der Waals surface area contributed by atoms with Crippen LogP contribution < -0.4 is 14.4 Å². The number of benzene rings is 3. The predicted octanol–water partition coefficient (Wildman–Crippen LogP) is 5.09. The SMILES string of the molecule is COc1ccc(C2C(=C(O)c3ccccc3)C(=O)C(=O)N2c2ccc(Br)cc2)c(OC)c1. The van der Waals surface area contributed by atoms with Gasteiger partial charge in [0.25, 0.3) is 11.7 Å². The highest BCUT2D eigenvalue weighted by molar-refractivity contribution is 9.10. The number of halogens is 1. The summed E-state index contributed by atoms with van der Waals surface area (Å²) in [7, 11) is 3.04. The molecule has 0 bridgehead atoms. The molecule has 1 fully saturated rings. The van der Waals surface area contributed by atoms with Gasteiger partial charge in [-0.15, -0.1) is 0 Å². The Morgan fingerprint density at radius 2 is 1.62 bits per heavy atom. The molecule has 1 heterocycles. The molecule has 162 valence electrons. The second kappa shape index (κ2) is 8.88. The van der Waals surface area contributed by atoms with Crippen LogP contribution in [0.2, 0.25) is 0 Å². The summed E-state index contributed by atoms with van der Waals surface area (Å²) < 4.78 is 11.7. The Kier molecular flexibility index (Phi) is 6.01. The molecule has 3 aromatic rings. The molecule has 6 nitrogen and oxygen atoms in total. The third-order valence-corrected chi connectivity index (χ3v) is 5.86. The second-order valence-electron chi connectivity index (χ2n) is 7.12. The highest BCUT2D eigenvalue weighted by Crippen LogP contribution is 2.45. The highest BCUT2D eigenvalue weighted by atomic mass is 79.9. The maximum absolute atomic E-state index is 13.2. The minimum Gasteiger partial charge on any atom is -0.507 e. The number of carbonyl (C=O) groups is 2. The first-order chi connectivity index (χ1) is 15.5. The van der Waals surface area contributed by atoms with Crippen LogP contribution >= 0.6 is 15.9 Å². The van der Waals surface area contributed by atoms with Crippen LogP contribution in [0.4, 0.5) is 5.69 Å². The van der Waals surface area contributed by atoms with E-state index in [0.717, 1.165) is 4.47 Å².